The largest absolute Gasteiger partial charge is 0.396 e. The minimum absolute atomic E-state index is 0.0147. The number of nitrogens with one attached hydrogen (secondary N) is 1. The average Bonchev–Trinajstić information content (AvgIpc) is 2.43. The number of nitrogens with zero attached hydrogens (tertiary/aromatic N) is 1. The van der Waals surface area contributed by atoms with E-state index in [-0.39, 0.29) is 34.6 Å². The Morgan fingerprint density at radius 2 is 2.20 bits per heavy atom. The van der Waals surface area contributed by atoms with Crippen LogP contribution in [0.1, 0.15) is 25.3 Å². The van der Waals surface area contributed by atoms with E-state index >= 15 is 0 Å². The highest BCUT2D eigenvalue weighted by Gasteiger charge is 2.20. The van der Waals surface area contributed by atoms with Crippen molar-refractivity contribution in [2.75, 3.05) is 13.2 Å². The molecule has 0 spiro atoms. The Balaban J connectivity index is 2.95. The molecule has 0 aliphatic carbocycles. The first-order valence-electron chi connectivity index (χ1n) is 6.24. The average molecular weight is 317 g/mol. The lowest BCUT2D eigenvalue weighted by Gasteiger charge is -2.15. The normalized spacial score (nSPS) is 12.9. The summed E-state index contributed by atoms with van der Waals surface area (Å²) in [5.74, 6) is 0.0551. The molecule has 1 aromatic carbocycles. The van der Waals surface area contributed by atoms with Gasteiger partial charge in [0.1, 0.15) is 11.0 Å². The van der Waals surface area contributed by atoms with E-state index in [2.05, 4.69) is 4.72 Å². The molecule has 0 radical (unpaired) electrons. The van der Waals surface area contributed by atoms with Gasteiger partial charge in [-0.1, -0.05) is 24.9 Å². The van der Waals surface area contributed by atoms with Crippen molar-refractivity contribution in [2.24, 2.45) is 5.92 Å². The molecule has 2 N–H and O–H groups in total. The lowest BCUT2D eigenvalue weighted by atomic mass is 10.0. The molecule has 1 unspecified atom stereocenters. The van der Waals surface area contributed by atoms with Gasteiger partial charge in [-0.15, -0.1) is 0 Å². The fraction of sp³-hybridized carbons (Fsp3) is 0.462. The summed E-state index contributed by atoms with van der Waals surface area (Å²) in [6.45, 7) is 2.16. The molecule has 0 aliphatic rings. The number of aliphatic hydroxyl groups is 1. The van der Waals surface area contributed by atoms with Crippen molar-refractivity contribution in [3.05, 3.63) is 28.8 Å². The Hall–Kier alpha value is -1.13. The van der Waals surface area contributed by atoms with Crippen molar-refractivity contribution in [2.45, 2.75) is 24.7 Å². The first-order chi connectivity index (χ1) is 9.44. The molecule has 1 atom stereocenters. The van der Waals surface area contributed by atoms with E-state index in [4.69, 9.17) is 22.0 Å². The highest BCUT2D eigenvalue weighted by atomic mass is 35.5. The third kappa shape index (κ3) is 4.46. The molecule has 1 aromatic rings. The predicted octanol–water partition coefficient (Wildman–Crippen LogP) is 1.90. The number of hydrogen-bond donors (Lipinski definition) is 2. The summed E-state index contributed by atoms with van der Waals surface area (Å²) in [6.07, 6.45) is 1.28. The monoisotopic (exact) mass is 316 g/mol. The van der Waals surface area contributed by atoms with Crippen LogP contribution in [-0.4, -0.2) is 26.7 Å². The van der Waals surface area contributed by atoms with Gasteiger partial charge < -0.3 is 5.11 Å². The summed E-state index contributed by atoms with van der Waals surface area (Å²) in [7, 11) is -3.79. The number of benzene rings is 1. The molecule has 5 nitrogen and oxygen atoms in total. The molecular formula is C13H17ClN2O3S. The topological polar surface area (TPSA) is 90.2 Å². The molecule has 0 saturated carbocycles. The van der Waals surface area contributed by atoms with E-state index in [1.165, 1.54) is 18.2 Å². The van der Waals surface area contributed by atoms with Crippen molar-refractivity contribution >= 4 is 21.6 Å². The second-order valence-corrected chi connectivity index (χ2v) is 6.56. The highest BCUT2D eigenvalue weighted by molar-refractivity contribution is 7.89. The van der Waals surface area contributed by atoms with Crippen molar-refractivity contribution in [1.29, 1.82) is 5.26 Å². The Labute approximate surface area is 124 Å². The van der Waals surface area contributed by atoms with Gasteiger partial charge in [0.05, 0.1) is 5.56 Å². The fourth-order valence-electron chi connectivity index (χ4n) is 1.75. The van der Waals surface area contributed by atoms with Crippen LogP contribution in [0.2, 0.25) is 5.02 Å². The Morgan fingerprint density at radius 1 is 1.50 bits per heavy atom. The minimum Gasteiger partial charge on any atom is -0.396 e. The summed E-state index contributed by atoms with van der Waals surface area (Å²) in [4.78, 5) is -0.119. The van der Waals surface area contributed by atoms with Crippen LogP contribution in [0.25, 0.3) is 0 Å². The van der Waals surface area contributed by atoms with E-state index < -0.39 is 10.0 Å². The zero-order valence-corrected chi connectivity index (χ0v) is 12.7. The number of nitriles is 1. The molecule has 7 heteroatoms. The first-order valence-corrected chi connectivity index (χ1v) is 8.10. The minimum atomic E-state index is -3.79. The van der Waals surface area contributed by atoms with E-state index in [0.717, 1.165) is 6.42 Å². The number of hydrogen-bond acceptors (Lipinski definition) is 4. The molecule has 0 fully saturated rings. The molecule has 0 aromatic heterocycles. The predicted molar refractivity (Wildman–Crippen MR) is 76.8 cm³/mol. The third-order valence-corrected chi connectivity index (χ3v) is 4.73. The van der Waals surface area contributed by atoms with Gasteiger partial charge in [-0.05, 0) is 30.5 Å². The van der Waals surface area contributed by atoms with Gasteiger partial charge in [0.25, 0.3) is 0 Å². The van der Waals surface area contributed by atoms with Gasteiger partial charge in [-0.2, -0.15) is 5.26 Å². The Bertz CT molecular complexity index is 596. The Morgan fingerprint density at radius 3 is 2.75 bits per heavy atom. The highest BCUT2D eigenvalue weighted by Crippen LogP contribution is 2.20. The molecule has 0 bridgehead atoms. The van der Waals surface area contributed by atoms with Crippen LogP contribution in [0.3, 0.4) is 0 Å². The molecule has 0 heterocycles. The summed E-state index contributed by atoms with van der Waals surface area (Å²) in [5.41, 5.74) is 0.0529. The number of aliphatic hydroxyl groups excluding tert-OH is 1. The lowest BCUT2D eigenvalue weighted by molar-refractivity contribution is 0.254. The third-order valence-electron chi connectivity index (χ3n) is 3.03. The molecule has 0 amide bonds. The summed E-state index contributed by atoms with van der Waals surface area (Å²) in [6, 6.07) is 5.95. The molecule has 20 heavy (non-hydrogen) atoms. The van der Waals surface area contributed by atoms with Gasteiger partial charge in [0, 0.05) is 18.2 Å². The van der Waals surface area contributed by atoms with Crippen molar-refractivity contribution in [3.63, 3.8) is 0 Å². The van der Waals surface area contributed by atoms with Crippen molar-refractivity contribution < 1.29 is 13.5 Å². The molecular weight excluding hydrogens is 300 g/mol. The van der Waals surface area contributed by atoms with Gasteiger partial charge in [0.2, 0.25) is 10.0 Å². The maximum atomic E-state index is 12.2. The molecule has 1 rings (SSSR count). The van der Waals surface area contributed by atoms with Crippen molar-refractivity contribution in [1.82, 2.24) is 4.72 Å². The van der Waals surface area contributed by atoms with Crippen LogP contribution >= 0.6 is 11.6 Å². The Kier molecular flexibility index (Phi) is 6.43. The molecule has 110 valence electrons. The van der Waals surface area contributed by atoms with E-state index in [1.807, 2.05) is 13.0 Å². The zero-order valence-electron chi connectivity index (χ0n) is 11.1. The number of rotatable bonds is 7. The summed E-state index contributed by atoms with van der Waals surface area (Å²) < 4.78 is 26.9. The van der Waals surface area contributed by atoms with E-state index in [1.54, 1.807) is 0 Å². The maximum absolute atomic E-state index is 12.2. The van der Waals surface area contributed by atoms with E-state index in [0.29, 0.717) is 6.42 Å². The quantitative estimate of drug-likeness (QED) is 0.804. The molecule has 0 aliphatic heterocycles. The SMILES string of the molecule is CCC(CCO)CNS(=O)(=O)c1cc(Cl)ccc1C#N. The number of sulfonamides is 1. The summed E-state index contributed by atoms with van der Waals surface area (Å²) >= 11 is 5.78. The fourth-order valence-corrected chi connectivity index (χ4v) is 3.28. The second-order valence-electron chi connectivity index (χ2n) is 4.39. The van der Waals surface area contributed by atoms with Gasteiger partial charge in [-0.25, -0.2) is 13.1 Å². The zero-order chi connectivity index (χ0) is 15.2. The summed E-state index contributed by atoms with van der Waals surface area (Å²) in [5, 5.41) is 18.1. The van der Waals surface area contributed by atoms with Crippen molar-refractivity contribution in [3.8, 4) is 6.07 Å². The maximum Gasteiger partial charge on any atom is 0.241 e. The van der Waals surface area contributed by atoms with Gasteiger partial charge in [-0.3, -0.25) is 0 Å². The van der Waals surface area contributed by atoms with Crippen LogP contribution < -0.4 is 4.72 Å². The second kappa shape index (κ2) is 7.60. The lowest BCUT2D eigenvalue weighted by Crippen LogP contribution is -2.30. The van der Waals surface area contributed by atoms with Crippen LogP contribution in [0.5, 0.6) is 0 Å². The van der Waals surface area contributed by atoms with Crippen LogP contribution in [-0.2, 0) is 10.0 Å². The smallest absolute Gasteiger partial charge is 0.241 e. The van der Waals surface area contributed by atoms with Gasteiger partial charge in [0.15, 0.2) is 0 Å². The van der Waals surface area contributed by atoms with Crippen LogP contribution in [0.4, 0.5) is 0 Å². The standard InChI is InChI=1S/C13H17ClN2O3S/c1-2-10(5-6-17)9-16-20(18,19)13-7-12(14)4-3-11(13)8-15/h3-4,7,10,16-17H,2,5-6,9H2,1H3. The number of halogens is 1. The van der Waals surface area contributed by atoms with Crippen LogP contribution in [0.15, 0.2) is 23.1 Å². The van der Waals surface area contributed by atoms with Gasteiger partial charge >= 0.3 is 0 Å². The first kappa shape index (κ1) is 16.9. The molecule has 0 saturated heterocycles. The van der Waals surface area contributed by atoms with E-state index in [9.17, 15) is 8.42 Å². The van der Waals surface area contributed by atoms with Crippen LogP contribution in [0, 0.1) is 17.2 Å².